The zero-order chi connectivity index (χ0) is 11.3. The van der Waals surface area contributed by atoms with Crippen molar-refractivity contribution in [3.05, 3.63) is 21.3 Å². The highest BCUT2D eigenvalue weighted by Gasteiger charge is 2.10. The summed E-state index contributed by atoms with van der Waals surface area (Å²) in [5, 5.41) is 0.276. The molecule has 1 heterocycles. The second-order valence-corrected chi connectivity index (χ2v) is 6.33. The third kappa shape index (κ3) is 4.91. The largest absolute Gasteiger partial charge is 0.469 e. The molecular weight excluding hydrogens is 252 g/mol. The Kier molecular flexibility index (Phi) is 5.50. The van der Waals surface area contributed by atoms with Gasteiger partial charge in [0.05, 0.1) is 17.9 Å². The summed E-state index contributed by atoms with van der Waals surface area (Å²) in [7, 11) is 1.42. The number of thiophene rings is 1. The Bertz CT molecular complexity index is 325. The molecule has 0 amide bonds. The van der Waals surface area contributed by atoms with Gasteiger partial charge >= 0.3 is 5.97 Å². The minimum absolute atomic E-state index is 0.154. The van der Waals surface area contributed by atoms with Crippen molar-refractivity contribution in [1.82, 2.24) is 0 Å². The molecule has 1 aromatic heterocycles. The molecule has 1 atom stereocenters. The number of methoxy groups -OCH3 is 1. The number of rotatable bonds is 5. The summed E-state index contributed by atoms with van der Waals surface area (Å²) < 4.78 is 5.42. The molecule has 0 aliphatic heterocycles. The van der Waals surface area contributed by atoms with Gasteiger partial charge in [-0.05, 0) is 12.1 Å². The molecule has 1 rings (SSSR count). The van der Waals surface area contributed by atoms with Gasteiger partial charge in [0.2, 0.25) is 0 Å². The maximum absolute atomic E-state index is 11.0. The molecule has 1 unspecified atom stereocenters. The second kappa shape index (κ2) is 6.40. The average molecular weight is 265 g/mol. The maximum Gasteiger partial charge on any atom is 0.306 e. The first-order valence-corrected chi connectivity index (χ1v) is 6.78. The third-order valence-electron chi connectivity index (χ3n) is 1.82. The number of hydrogen-bond acceptors (Lipinski definition) is 4. The Hall–Kier alpha value is -0.190. The zero-order valence-electron chi connectivity index (χ0n) is 8.66. The molecule has 0 aromatic carbocycles. The number of ether oxygens (including phenoxy) is 1. The predicted octanol–water partition coefficient (Wildman–Crippen LogP) is 3.59. The van der Waals surface area contributed by atoms with Crippen molar-refractivity contribution < 1.29 is 9.53 Å². The van der Waals surface area contributed by atoms with Gasteiger partial charge in [-0.3, -0.25) is 4.79 Å². The van der Waals surface area contributed by atoms with E-state index in [4.69, 9.17) is 11.6 Å². The first-order valence-electron chi connectivity index (χ1n) is 4.54. The standard InChI is InChI=1S/C10H13ClO2S2/c1-7(5-10(12)13-2)14-6-8-3-4-9(11)15-8/h3-4,7H,5-6H2,1-2H3. The fourth-order valence-corrected chi connectivity index (χ4v) is 3.15. The molecule has 0 bridgehead atoms. The number of hydrogen-bond donors (Lipinski definition) is 0. The highest BCUT2D eigenvalue weighted by Crippen LogP contribution is 2.27. The van der Waals surface area contributed by atoms with Crippen molar-refractivity contribution in [2.75, 3.05) is 7.11 Å². The zero-order valence-corrected chi connectivity index (χ0v) is 11.0. The molecule has 0 aliphatic carbocycles. The van der Waals surface area contributed by atoms with Gasteiger partial charge in [-0.15, -0.1) is 11.3 Å². The SMILES string of the molecule is COC(=O)CC(C)SCc1ccc(Cl)s1. The predicted molar refractivity (Wildman–Crippen MR) is 66.7 cm³/mol. The van der Waals surface area contributed by atoms with E-state index >= 15 is 0 Å². The van der Waals surface area contributed by atoms with Gasteiger partial charge in [0.1, 0.15) is 0 Å². The quantitative estimate of drug-likeness (QED) is 0.761. The Balaban J connectivity index is 2.28. The summed E-state index contributed by atoms with van der Waals surface area (Å²) in [5.41, 5.74) is 0. The van der Waals surface area contributed by atoms with Gasteiger partial charge in [-0.25, -0.2) is 0 Å². The summed E-state index contributed by atoms with van der Waals surface area (Å²) in [6.07, 6.45) is 0.459. The maximum atomic E-state index is 11.0. The van der Waals surface area contributed by atoms with Crippen LogP contribution in [0.2, 0.25) is 4.34 Å². The van der Waals surface area contributed by atoms with E-state index in [2.05, 4.69) is 4.74 Å². The summed E-state index contributed by atoms with van der Waals surface area (Å²) in [5.74, 6) is 0.745. The van der Waals surface area contributed by atoms with Gasteiger partial charge < -0.3 is 4.74 Å². The summed E-state index contributed by atoms with van der Waals surface area (Å²) in [6, 6.07) is 3.91. The smallest absolute Gasteiger partial charge is 0.306 e. The average Bonchev–Trinajstić information content (AvgIpc) is 2.61. The fraction of sp³-hybridized carbons (Fsp3) is 0.500. The molecule has 0 aliphatic rings. The lowest BCUT2D eigenvalue weighted by atomic mass is 10.3. The molecule has 0 saturated heterocycles. The van der Waals surface area contributed by atoms with E-state index in [1.807, 2.05) is 19.1 Å². The minimum atomic E-state index is -0.154. The molecular formula is C10H13ClO2S2. The lowest BCUT2D eigenvalue weighted by Gasteiger charge is -2.08. The van der Waals surface area contributed by atoms with Crippen molar-refractivity contribution >= 4 is 40.7 Å². The Labute approximate surface area is 103 Å². The lowest BCUT2D eigenvalue weighted by molar-refractivity contribution is -0.140. The Morgan fingerprint density at radius 2 is 2.40 bits per heavy atom. The van der Waals surface area contributed by atoms with Gasteiger partial charge in [0.25, 0.3) is 0 Å². The Morgan fingerprint density at radius 1 is 1.67 bits per heavy atom. The van der Waals surface area contributed by atoms with Crippen LogP contribution in [0, 0.1) is 0 Å². The monoisotopic (exact) mass is 264 g/mol. The molecule has 5 heteroatoms. The number of carbonyl (C=O) groups excluding carboxylic acids is 1. The molecule has 15 heavy (non-hydrogen) atoms. The summed E-state index contributed by atoms with van der Waals surface area (Å²) in [4.78, 5) is 12.2. The molecule has 0 spiro atoms. The highest BCUT2D eigenvalue weighted by atomic mass is 35.5. The van der Waals surface area contributed by atoms with Gasteiger partial charge in [0, 0.05) is 15.9 Å². The minimum Gasteiger partial charge on any atom is -0.469 e. The highest BCUT2D eigenvalue weighted by molar-refractivity contribution is 7.99. The van der Waals surface area contributed by atoms with Crippen molar-refractivity contribution in [1.29, 1.82) is 0 Å². The molecule has 84 valence electrons. The van der Waals surface area contributed by atoms with Crippen LogP contribution >= 0.6 is 34.7 Å². The van der Waals surface area contributed by atoms with Crippen molar-refractivity contribution in [2.24, 2.45) is 0 Å². The fourth-order valence-electron chi connectivity index (χ4n) is 1.03. The van der Waals surface area contributed by atoms with E-state index in [9.17, 15) is 4.79 Å². The van der Waals surface area contributed by atoms with Gasteiger partial charge in [-0.2, -0.15) is 11.8 Å². The van der Waals surface area contributed by atoms with Crippen LogP contribution in [-0.2, 0) is 15.3 Å². The van der Waals surface area contributed by atoms with Crippen LogP contribution in [-0.4, -0.2) is 18.3 Å². The molecule has 2 nitrogen and oxygen atoms in total. The van der Waals surface area contributed by atoms with Crippen molar-refractivity contribution in [3.63, 3.8) is 0 Å². The van der Waals surface area contributed by atoms with E-state index in [1.54, 1.807) is 23.1 Å². The number of thioether (sulfide) groups is 1. The molecule has 0 N–H and O–H groups in total. The van der Waals surface area contributed by atoms with Crippen LogP contribution in [0.3, 0.4) is 0 Å². The van der Waals surface area contributed by atoms with Crippen LogP contribution in [0.15, 0.2) is 12.1 Å². The number of halogens is 1. The van der Waals surface area contributed by atoms with E-state index < -0.39 is 0 Å². The van der Waals surface area contributed by atoms with Crippen LogP contribution in [0.5, 0.6) is 0 Å². The number of carbonyl (C=O) groups is 1. The normalized spacial score (nSPS) is 12.5. The van der Waals surface area contributed by atoms with Gasteiger partial charge in [-0.1, -0.05) is 18.5 Å². The second-order valence-electron chi connectivity index (χ2n) is 3.11. The lowest BCUT2D eigenvalue weighted by Crippen LogP contribution is -2.08. The Morgan fingerprint density at radius 3 is 2.93 bits per heavy atom. The van der Waals surface area contributed by atoms with Crippen LogP contribution in [0.25, 0.3) is 0 Å². The first kappa shape index (κ1) is 12.9. The molecule has 1 aromatic rings. The van der Waals surface area contributed by atoms with E-state index in [0.717, 1.165) is 10.1 Å². The van der Waals surface area contributed by atoms with Crippen LogP contribution < -0.4 is 0 Å². The topological polar surface area (TPSA) is 26.3 Å². The van der Waals surface area contributed by atoms with Crippen LogP contribution in [0.4, 0.5) is 0 Å². The molecule has 0 saturated carbocycles. The molecule has 0 radical (unpaired) electrons. The van der Waals surface area contributed by atoms with Crippen molar-refractivity contribution in [2.45, 2.75) is 24.3 Å². The molecule has 0 fully saturated rings. The van der Waals surface area contributed by atoms with Crippen molar-refractivity contribution in [3.8, 4) is 0 Å². The van der Waals surface area contributed by atoms with Gasteiger partial charge in [0.15, 0.2) is 0 Å². The van der Waals surface area contributed by atoms with Crippen LogP contribution in [0.1, 0.15) is 18.2 Å². The third-order valence-corrected chi connectivity index (χ3v) is 4.45. The van der Waals surface area contributed by atoms with E-state index in [-0.39, 0.29) is 11.2 Å². The summed E-state index contributed by atoms with van der Waals surface area (Å²) in [6.45, 7) is 2.02. The van der Waals surface area contributed by atoms with E-state index in [0.29, 0.717) is 6.42 Å². The first-order chi connectivity index (χ1) is 7.11. The number of esters is 1. The van der Waals surface area contributed by atoms with E-state index in [1.165, 1.54) is 12.0 Å². The summed E-state index contributed by atoms with van der Waals surface area (Å²) >= 11 is 9.14.